The van der Waals surface area contributed by atoms with E-state index in [4.69, 9.17) is 5.41 Å². The van der Waals surface area contributed by atoms with Crippen LogP contribution >= 0.6 is 0 Å². The minimum Gasteiger partial charge on any atom is -0.309 e. The zero-order valence-corrected chi connectivity index (χ0v) is 22.9. The number of benzene rings is 4. The maximum absolute atomic E-state index is 14.1. The number of amidine groups is 1. The molecule has 0 radical (unpaired) electrons. The molecule has 5 aromatic rings. The molecule has 0 saturated heterocycles. The van der Waals surface area contributed by atoms with E-state index in [0.717, 1.165) is 44.8 Å². The van der Waals surface area contributed by atoms with E-state index in [9.17, 15) is 9.59 Å². The number of amides is 2. The predicted molar refractivity (Wildman–Crippen MR) is 166 cm³/mol. The van der Waals surface area contributed by atoms with Gasteiger partial charge in [0.25, 0.3) is 11.8 Å². The average molecular weight is 550 g/mol. The monoisotopic (exact) mass is 549 g/mol. The molecule has 204 valence electrons. The summed E-state index contributed by atoms with van der Waals surface area (Å²) in [6.07, 6.45) is 6.41. The number of nitrogens with zero attached hydrogens (tertiary/aromatic N) is 3. The van der Waals surface area contributed by atoms with Crippen LogP contribution in [0, 0.1) is 5.41 Å². The van der Waals surface area contributed by atoms with Crippen LogP contribution in [-0.2, 0) is 0 Å². The molecule has 1 aliphatic carbocycles. The van der Waals surface area contributed by atoms with Crippen LogP contribution in [0.5, 0.6) is 0 Å². The van der Waals surface area contributed by atoms with E-state index in [1.54, 1.807) is 12.1 Å². The van der Waals surface area contributed by atoms with Crippen LogP contribution in [0.4, 0.5) is 0 Å². The van der Waals surface area contributed by atoms with Crippen LogP contribution in [0.2, 0.25) is 0 Å². The van der Waals surface area contributed by atoms with Crippen molar-refractivity contribution >= 4 is 41.0 Å². The van der Waals surface area contributed by atoms with E-state index in [1.807, 2.05) is 84.9 Å². The van der Waals surface area contributed by atoms with Crippen molar-refractivity contribution in [3.63, 3.8) is 0 Å². The van der Waals surface area contributed by atoms with Crippen LogP contribution in [-0.4, -0.2) is 33.6 Å². The summed E-state index contributed by atoms with van der Waals surface area (Å²) < 4.78 is 2.12. The van der Waals surface area contributed by atoms with Crippen molar-refractivity contribution in [1.82, 2.24) is 15.0 Å². The van der Waals surface area contributed by atoms with Crippen molar-refractivity contribution in [2.45, 2.75) is 19.3 Å². The predicted octanol–water partition coefficient (Wildman–Crippen LogP) is 6.97. The lowest BCUT2D eigenvalue weighted by atomic mass is 9.86. The number of nitrogens with one attached hydrogen (secondary N) is 2. The number of aromatic nitrogens is 1. The Bertz CT molecular complexity index is 1940. The summed E-state index contributed by atoms with van der Waals surface area (Å²) in [5.74, 6) is -0.689. The second kappa shape index (κ2) is 10.1. The largest absolute Gasteiger partial charge is 0.309 e. The fraction of sp³-hybridized carbons (Fsp3) is 0.0857. The number of hydrogen-bond donors (Lipinski definition) is 2. The zero-order chi connectivity index (χ0) is 28.8. The van der Waals surface area contributed by atoms with Gasteiger partial charge in [0.1, 0.15) is 6.34 Å². The molecule has 0 bridgehead atoms. The number of carbonyl (C=O) groups is 2. The van der Waals surface area contributed by atoms with Crippen LogP contribution in [0.1, 0.15) is 56.8 Å². The molecule has 1 atom stereocenters. The van der Waals surface area contributed by atoms with Gasteiger partial charge >= 0.3 is 0 Å². The molecule has 1 aliphatic heterocycles. The van der Waals surface area contributed by atoms with Crippen LogP contribution < -0.4 is 5.43 Å². The number of allylic oxidation sites excluding steroid dienone is 1. The maximum Gasteiger partial charge on any atom is 0.282 e. The number of fused-ring (bicyclic) bond motifs is 5. The van der Waals surface area contributed by atoms with Gasteiger partial charge in [0.15, 0.2) is 5.84 Å². The van der Waals surface area contributed by atoms with Crippen LogP contribution in [0.25, 0.3) is 33.8 Å². The lowest BCUT2D eigenvalue weighted by Crippen LogP contribution is -2.41. The topological polar surface area (TPSA) is 90.6 Å². The summed E-state index contributed by atoms with van der Waals surface area (Å²) in [5, 5.41) is 10.2. The first-order chi connectivity index (χ1) is 20.5. The van der Waals surface area contributed by atoms with E-state index in [2.05, 4.69) is 34.1 Å². The van der Waals surface area contributed by atoms with E-state index in [0.29, 0.717) is 16.7 Å². The van der Waals surface area contributed by atoms with E-state index >= 15 is 0 Å². The average Bonchev–Trinajstić information content (AvgIpc) is 3.50. The Balaban J connectivity index is 1.44. The maximum atomic E-state index is 14.1. The van der Waals surface area contributed by atoms with Crippen molar-refractivity contribution in [2.75, 3.05) is 0 Å². The van der Waals surface area contributed by atoms with E-state index < -0.39 is 11.8 Å². The van der Waals surface area contributed by atoms with Crippen molar-refractivity contribution in [1.29, 1.82) is 5.41 Å². The number of carbonyl (C=O) groups excluding carboxylic acids is 2. The minimum absolute atomic E-state index is 0.0138. The Morgan fingerprint density at radius 2 is 1.57 bits per heavy atom. The van der Waals surface area contributed by atoms with Crippen molar-refractivity contribution < 1.29 is 9.59 Å². The molecule has 2 amide bonds. The molecule has 2 heterocycles. The molecule has 1 unspecified atom stereocenters. The minimum atomic E-state index is -0.464. The molecular formula is C35H27N5O2. The molecule has 7 rings (SSSR count). The molecule has 0 spiro atoms. The van der Waals surface area contributed by atoms with Crippen molar-refractivity contribution in [3.8, 4) is 16.8 Å². The highest BCUT2D eigenvalue weighted by atomic mass is 16.2. The molecule has 0 fully saturated rings. The van der Waals surface area contributed by atoms with Gasteiger partial charge in [-0.25, -0.2) is 4.99 Å². The smallest absolute Gasteiger partial charge is 0.282 e. The summed E-state index contributed by atoms with van der Waals surface area (Å²) in [7, 11) is 0. The number of imide groups is 1. The fourth-order valence-electron chi connectivity index (χ4n) is 6.04. The highest BCUT2D eigenvalue weighted by molar-refractivity contribution is 6.28. The van der Waals surface area contributed by atoms with Gasteiger partial charge in [-0.1, -0.05) is 91.9 Å². The van der Waals surface area contributed by atoms with Crippen molar-refractivity contribution in [3.05, 3.63) is 131 Å². The highest BCUT2D eigenvalue weighted by Crippen LogP contribution is 2.47. The third-order valence-electron chi connectivity index (χ3n) is 7.95. The molecule has 7 nitrogen and oxygen atoms in total. The van der Waals surface area contributed by atoms with Gasteiger partial charge in [-0.2, -0.15) is 5.01 Å². The second-order valence-electron chi connectivity index (χ2n) is 10.5. The molecule has 2 N–H and O–H groups in total. The van der Waals surface area contributed by atoms with Gasteiger partial charge in [-0.15, -0.1) is 0 Å². The van der Waals surface area contributed by atoms with Gasteiger partial charge in [0.2, 0.25) is 0 Å². The Kier molecular flexibility index (Phi) is 6.12. The molecule has 1 aromatic heterocycles. The Hall–Kier alpha value is -5.56. The summed E-state index contributed by atoms with van der Waals surface area (Å²) in [5.41, 5.74) is 9.79. The fourth-order valence-corrected chi connectivity index (χ4v) is 6.04. The van der Waals surface area contributed by atoms with Gasteiger partial charge < -0.3 is 4.57 Å². The zero-order valence-electron chi connectivity index (χ0n) is 22.9. The molecule has 42 heavy (non-hydrogen) atoms. The number of para-hydroxylation sites is 1. The first-order valence-electron chi connectivity index (χ1n) is 13.9. The molecular weight excluding hydrogens is 522 g/mol. The molecule has 4 aromatic carbocycles. The molecule has 7 heteroatoms. The number of aliphatic imine (C=N–C) groups is 1. The molecule has 2 aliphatic rings. The Labute approximate surface area is 242 Å². The lowest BCUT2D eigenvalue weighted by Gasteiger charge is -2.17. The van der Waals surface area contributed by atoms with Crippen LogP contribution in [0.3, 0.4) is 0 Å². The summed E-state index contributed by atoms with van der Waals surface area (Å²) in [4.78, 5) is 32.1. The van der Waals surface area contributed by atoms with E-state index in [-0.39, 0.29) is 11.8 Å². The Morgan fingerprint density at radius 3 is 2.29 bits per heavy atom. The SMILES string of the molecule is CC1CC=Cc2c1c1c(-c3ccccc3)cc3c(c1n2-c1ccccc1)C(=O)N(NC=NC(=N)c1ccccc1)C3=O. The number of hydrogen-bond acceptors (Lipinski definition) is 3. The van der Waals surface area contributed by atoms with Gasteiger partial charge in [-0.05, 0) is 53.3 Å². The van der Waals surface area contributed by atoms with Crippen molar-refractivity contribution in [2.24, 2.45) is 4.99 Å². The highest BCUT2D eigenvalue weighted by Gasteiger charge is 2.41. The number of hydrazine groups is 1. The first-order valence-corrected chi connectivity index (χ1v) is 13.9. The first kappa shape index (κ1) is 25.4. The quantitative estimate of drug-likeness (QED) is 0.141. The standard InChI is InChI=1S/C35H27N5O2/c1-22-12-11-19-28-29(22)30-26(23-13-5-2-6-14-23)20-27-31(32(30)39(28)25-17-9-4-10-18-25)35(42)40(34(27)41)38-21-37-33(36)24-15-7-3-8-16-24/h2-11,13-22H,12H2,1H3,(H2,36,37,38). The number of rotatable bonds is 5. The normalized spacial score (nSPS) is 15.8. The van der Waals surface area contributed by atoms with Gasteiger partial charge in [0.05, 0.1) is 22.3 Å². The lowest BCUT2D eigenvalue weighted by molar-refractivity contribution is 0.0615. The third-order valence-corrected chi connectivity index (χ3v) is 7.95. The summed E-state index contributed by atoms with van der Waals surface area (Å²) in [6, 6.07) is 30.9. The Morgan fingerprint density at radius 1 is 0.905 bits per heavy atom. The van der Waals surface area contributed by atoms with Gasteiger partial charge in [0, 0.05) is 16.6 Å². The second-order valence-corrected chi connectivity index (χ2v) is 10.5. The van der Waals surface area contributed by atoms with E-state index in [1.165, 1.54) is 11.9 Å². The molecule has 0 saturated carbocycles. The van der Waals surface area contributed by atoms with Gasteiger partial charge in [-0.3, -0.25) is 20.4 Å². The van der Waals surface area contributed by atoms with Crippen LogP contribution in [0.15, 0.2) is 108 Å². The summed E-state index contributed by atoms with van der Waals surface area (Å²) >= 11 is 0. The third kappa shape index (κ3) is 3.97. The summed E-state index contributed by atoms with van der Waals surface area (Å²) in [6.45, 7) is 2.21.